The van der Waals surface area contributed by atoms with Crippen molar-refractivity contribution in [2.24, 2.45) is 5.92 Å². The van der Waals surface area contributed by atoms with E-state index in [-0.39, 0.29) is 11.8 Å². The maximum atomic E-state index is 12.8. The van der Waals surface area contributed by atoms with Gasteiger partial charge < -0.3 is 14.5 Å². The predicted molar refractivity (Wildman–Crippen MR) is 106 cm³/mol. The molecular weight excluding hydrogens is 340 g/mol. The van der Waals surface area contributed by atoms with E-state index in [1.54, 1.807) is 0 Å². The van der Waals surface area contributed by atoms with E-state index >= 15 is 0 Å². The molecule has 0 bridgehead atoms. The van der Waals surface area contributed by atoms with Crippen LogP contribution in [-0.4, -0.2) is 54.4 Å². The first-order valence-electron chi connectivity index (χ1n) is 10.4. The zero-order chi connectivity index (χ0) is 19.2. The van der Waals surface area contributed by atoms with Gasteiger partial charge in [-0.2, -0.15) is 0 Å². The van der Waals surface area contributed by atoms with E-state index in [1.807, 2.05) is 41.8 Å². The van der Waals surface area contributed by atoms with Crippen molar-refractivity contribution >= 4 is 11.8 Å². The molecule has 2 fully saturated rings. The molecule has 0 spiro atoms. The lowest BCUT2D eigenvalue weighted by Gasteiger charge is -2.36. The number of carbonyl (C=O) groups excluding carboxylic acids is 2. The van der Waals surface area contributed by atoms with E-state index in [0.717, 1.165) is 11.3 Å². The summed E-state index contributed by atoms with van der Waals surface area (Å²) in [5.41, 5.74) is 1.67. The molecule has 2 aliphatic rings. The molecule has 5 heteroatoms. The molecular formula is C22H32N2O3. The molecule has 0 atom stereocenters. The highest BCUT2D eigenvalue weighted by molar-refractivity contribution is 5.94. The minimum atomic E-state index is 0.0422. The number of hydrogen-bond acceptors (Lipinski definition) is 3. The first-order chi connectivity index (χ1) is 13.1. The summed E-state index contributed by atoms with van der Waals surface area (Å²) in [6.07, 6.45) is 6.93. The maximum absolute atomic E-state index is 12.8. The van der Waals surface area contributed by atoms with Crippen molar-refractivity contribution < 1.29 is 14.3 Å². The third kappa shape index (κ3) is 5.02. The van der Waals surface area contributed by atoms with E-state index in [4.69, 9.17) is 4.74 Å². The summed E-state index contributed by atoms with van der Waals surface area (Å²) in [6, 6.07) is 5.60. The second kappa shape index (κ2) is 9.25. The Morgan fingerprint density at radius 1 is 1.04 bits per heavy atom. The summed E-state index contributed by atoms with van der Waals surface area (Å²) < 4.78 is 5.55. The molecule has 0 radical (unpaired) electrons. The molecule has 1 aliphatic heterocycles. The molecule has 3 rings (SSSR count). The van der Waals surface area contributed by atoms with E-state index in [1.165, 1.54) is 32.1 Å². The quantitative estimate of drug-likeness (QED) is 0.793. The Kier molecular flexibility index (Phi) is 6.75. The fourth-order valence-corrected chi connectivity index (χ4v) is 4.21. The molecule has 1 aromatic carbocycles. The Balaban J connectivity index is 1.51. The second-order valence-electron chi connectivity index (χ2n) is 7.79. The number of amides is 2. The Labute approximate surface area is 162 Å². The van der Waals surface area contributed by atoms with E-state index < -0.39 is 0 Å². The molecule has 1 aliphatic carbocycles. The molecule has 0 aromatic heterocycles. The number of benzene rings is 1. The Morgan fingerprint density at radius 3 is 2.33 bits per heavy atom. The van der Waals surface area contributed by atoms with Crippen LogP contribution in [-0.2, 0) is 4.79 Å². The zero-order valence-corrected chi connectivity index (χ0v) is 16.7. The molecule has 0 unspecified atom stereocenters. The number of piperazine rings is 1. The lowest BCUT2D eigenvalue weighted by atomic mass is 9.86. The summed E-state index contributed by atoms with van der Waals surface area (Å²) in [5.74, 6) is 1.70. The third-order valence-corrected chi connectivity index (χ3v) is 5.83. The molecule has 2 amide bonds. The third-order valence-electron chi connectivity index (χ3n) is 5.83. The average molecular weight is 373 g/mol. The first-order valence-corrected chi connectivity index (χ1v) is 10.4. The molecule has 1 saturated heterocycles. The van der Waals surface area contributed by atoms with Gasteiger partial charge in [0.05, 0.1) is 6.61 Å². The van der Waals surface area contributed by atoms with Crippen molar-refractivity contribution in [3.63, 3.8) is 0 Å². The summed E-state index contributed by atoms with van der Waals surface area (Å²) in [4.78, 5) is 29.2. The van der Waals surface area contributed by atoms with Crippen LogP contribution in [0.3, 0.4) is 0 Å². The Hall–Kier alpha value is -2.04. The second-order valence-corrected chi connectivity index (χ2v) is 7.79. The number of ether oxygens (including phenoxy) is 1. The smallest absolute Gasteiger partial charge is 0.253 e. The van der Waals surface area contributed by atoms with Crippen LogP contribution in [0, 0.1) is 12.8 Å². The van der Waals surface area contributed by atoms with E-state index in [2.05, 4.69) is 0 Å². The van der Waals surface area contributed by atoms with Gasteiger partial charge in [-0.15, -0.1) is 0 Å². The zero-order valence-electron chi connectivity index (χ0n) is 16.7. The topological polar surface area (TPSA) is 49.9 Å². The summed E-state index contributed by atoms with van der Waals surface area (Å²) >= 11 is 0. The van der Waals surface area contributed by atoms with Gasteiger partial charge in [-0.3, -0.25) is 9.59 Å². The van der Waals surface area contributed by atoms with Gasteiger partial charge in [0.1, 0.15) is 5.75 Å². The number of aryl methyl sites for hydroxylation is 1. The van der Waals surface area contributed by atoms with Gasteiger partial charge in [0.25, 0.3) is 5.91 Å². The predicted octanol–water partition coefficient (Wildman–Crippen LogP) is 3.65. The van der Waals surface area contributed by atoms with Gasteiger partial charge in [-0.1, -0.05) is 19.3 Å². The number of rotatable bonds is 5. The molecule has 5 nitrogen and oxygen atoms in total. The SMILES string of the molecule is CCOc1ccc(C(=O)N2CCN(C(=O)CC3CCCCC3)CC2)cc1C. The van der Waals surface area contributed by atoms with Gasteiger partial charge in [0.2, 0.25) is 5.91 Å². The van der Waals surface area contributed by atoms with Crippen molar-refractivity contribution in [1.29, 1.82) is 0 Å². The van der Waals surface area contributed by atoms with Crippen molar-refractivity contribution in [2.75, 3.05) is 32.8 Å². The highest BCUT2D eigenvalue weighted by atomic mass is 16.5. The summed E-state index contributed by atoms with van der Waals surface area (Å²) in [5, 5.41) is 0. The van der Waals surface area contributed by atoms with Crippen molar-refractivity contribution in [3.8, 4) is 5.75 Å². The fourth-order valence-electron chi connectivity index (χ4n) is 4.21. The van der Waals surface area contributed by atoms with E-state index in [0.29, 0.717) is 50.7 Å². The maximum Gasteiger partial charge on any atom is 0.253 e. The van der Waals surface area contributed by atoms with E-state index in [9.17, 15) is 9.59 Å². The lowest BCUT2D eigenvalue weighted by Crippen LogP contribution is -2.50. The molecule has 1 aromatic rings. The number of carbonyl (C=O) groups is 2. The summed E-state index contributed by atoms with van der Waals surface area (Å²) in [7, 11) is 0. The lowest BCUT2D eigenvalue weighted by molar-refractivity contribution is -0.133. The van der Waals surface area contributed by atoms with Gasteiger partial charge in [0, 0.05) is 38.2 Å². The van der Waals surface area contributed by atoms with Crippen LogP contribution >= 0.6 is 0 Å². The van der Waals surface area contributed by atoms with Gasteiger partial charge in [0.15, 0.2) is 0 Å². The average Bonchev–Trinajstić information content (AvgIpc) is 2.70. The Bertz CT molecular complexity index is 660. The van der Waals surface area contributed by atoms with Crippen LogP contribution in [0.2, 0.25) is 0 Å². The van der Waals surface area contributed by atoms with Gasteiger partial charge in [-0.25, -0.2) is 0 Å². The first kappa shape index (κ1) is 19.7. The van der Waals surface area contributed by atoms with Crippen LogP contribution in [0.1, 0.15) is 61.4 Å². The fraction of sp³-hybridized carbons (Fsp3) is 0.636. The van der Waals surface area contributed by atoms with Crippen LogP contribution < -0.4 is 4.74 Å². The monoisotopic (exact) mass is 372 g/mol. The normalized spacial score (nSPS) is 18.4. The van der Waals surface area contributed by atoms with Crippen molar-refractivity contribution in [1.82, 2.24) is 9.80 Å². The van der Waals surface area contributed by atoms with Crippen LogP contribution in [0.5, 0.6) is 5.75 Å². The highest BCUT2D eigenvalue weighted by Gasteiger charge is 2.27. The highest BCUT2D eigenvalue weighted by Crippen LogP contribution is 2.27. The Morgan fingerprint density at radius 2 is 1.70 bits per heavy atom. The molecule has 1 heterocycles. The minimum Gasteiger partial charge on any atom is -0.494 e. The van der Waals surface area contributed by atoms with Gasteiger partial charge in [-0.05, 0) is 56.4 Å². The van der Waals surface area contributed by atoms with Gasteiger partial charge >= 0.3 is 0 Å². The van der Waals surface area contributed by atoms with Crippen LogP contribution in [0.15, 0.2) is 18.2 Å². The molecule has 27 heavy (non-hydrogen) atoms. The van der Waals surface area contributed by atoms with Crippen LogP contribution in [0.4, 0.5) is 0 Å². The molecule has 1 saturated carbocycles. The number of nitrogens with zero attached hydrogens (tertiary/aromatic N) is 2. The number of hydrogen-bond donors (Lipinski definition) is 0. The summed E-state index contributed by atoms with van der Waals surface area (Å²) in [6.45, 7) is 7.05. The standard InChI is InChI=1S/C22H32N2O3/c1-3-27-20-10-9-19(15-17(20)2)22(26)24-13-11-23(12-14-24)21(25)16-18-7-5-4-6-8-18/h9-10,15,18H,3-8,11-14,16H2,1-2H3. The molecule has 0 N–H and O–H groups in total. The largest absolute Gasteiger partial charge is 0.494 e. The molecule has 148 valence electrons. The van der Waals surface area contributed by atoms with Crippen molar-refractivity contribution in [2.45, 2.75) is 52.4 Å². The minimum absolute atomic E-state index is 0.0422. The van der Waals surface area contributed by atoms with Crippen molar-refractivity contribution in [3.05, 3.63) is 29.3 Å². The van der Waals surface area contributed by atoms with Crippen LogP contribution in [0.25, 0.3) is 0 Å².